The molecule has 7 rings (SSSR count). The van der Waals surface area contributed by atoms with Gasteiger partial charge < -0.3 is 39.9 Å². The molecule has 0 bridgehead atoms. The number of likely N-dealkylation sites (tertiary alicyclic amines) is 2. The Balaban J connectivity index is 0.953. The van der Waals surface area contributed by atoms with Crippen LogP contribution in [0.4, 0.5) is 9.59 Å². The Morgan fingerprint density at radius 3 is 1.91 bits per heavy atom. The summed E-state index contributed by atoms with van der Waals surface area (Å²) >= 11 is 0. The van der Waals surface area contributed by atoms with Crippen molar-refractivity contribution in [2.45, 2.75) is 101 Å². The van der Waals surface area contributed by atoms with Gasteiger partial charge in [0, 0.05) is 30.9 Å². The van der Waals surface area contributed by atoms with Crippen molar-refractivity contribution in [3.8, 4) is 11.3 Å². The summed E-state index contributed by atoms with van der Waals surface area (Å²) in [5.41, 5.74) is 5.06. The summed E-state index contributed by atoms with van der Waals surface area (Å²) in [6.07, 6.45) is 10.0. The standard InChI is InChI=1S/C43H54N8O6/c1-26(2)36(48-42(54)56-3)40(52)50-22-8-12-34(50)38-44-24-32(46-38)29-18-14-27(15-19-29)28-16-20-30(21-17-28)33-25-45-39(47-33)35-13-9-23-51(35)41(53)37(49-43(55)57-4)31-10-6-5-7-11-31/h5-7,10-11,16-17,20-21,24-27,29,34-37H,8-9,12-15,18-19,22-23H2,1-4H3,(H,44,46)(H,45,47)(H,48,54)(H,49,55)/t27?,29?,34-,35-,36-,37+/m0/s1. The van der Waals surface area contributed by atoms with Gasteiger partial charge in [-0.2, -0.15) is 0 Å². The largest absolute Gasteiger partial charge is 0.453 e. The van der Waals surface area contributed by atoms with E-state index in [0.29, 0.717) is 30.5 Å². The van der Waals surface area contributed by atoms with Gasteiger partial charge in [0.25, 0.3) is 5.91 Å². The number of H-pyrrole nitrogens is 2. The van der Waals surface area contributed by atoms with Crippen LogP contribution >= 0.6 is 0 Å². The summed E-state index contributed by atoms with van der Waals surface area (Å²) in [4.78, 5) is 71.9. The quantitative estimate of drug-likeness (QED) is 0.125. The van der Waals surface area contributed by atoms with Gasteiger partial charge in [0.1, 0.15) is 23.7 Å². The molecule has 2 aromatic heterocycles. The van der Waals surface area contributed by atoms with E-state index in [2.05, 4.69) is 44.9 Å². The number of rotatable bonds is 11. The maximum absolute atomic E-state index is 13.9. The number of carbonyl (C=O) groups excluding carboxylic acids is 4. The van der Waals surface area contributed by atoms with Crippen LogP contribution in [0.2, 0.25) is 0 Å². The van der Waals surface area contributed by atoms with Gasteiger partial charge in [0.15, 0.2) is 0 Å². The molecule has 4 amide bonds. The lowest BCUT2D eigenvalue weighted by Crippen LogP contribution is -2.51. The molecule has 0 unspecified atom stereocenters. The van der Waals surface area contributed by atoms with Crippen molar-refractivity contribution in [3.63, 3.8) is 0 Å². The zero-order chi connectivity index (χ0) is 40.1. The lowest BCUT2D eigenvalue weighted by molar-refractivity contribution is -0.135. The minimum absolute atomic E-state index is 0.0829. The van der Waals surface area contributed by atoms with Gasteiger partial charge in [-0.05, 0) is 79.9 Å². The molecule has 57 heavy (non-hydrogen) atoms. The van der Waals surface area contributed by atoms with Crippen LogP contribution in [0.25, 0.3) is 11.3 Å². The molecule has 3 fully saturated rings. The third-order valence-electron chi connectivity index (χ3n) is 12.0. The van der Waals surface area contributed by atoms with E-state index >= 15 is 0 Å². The highest BCUT2D eigenvalue weighted by Crippen LogP contribution is 2.42. The third-order valence-corrected chi connectivity index (χ3v) is 12.0. The fourth-order valence-electron chi connectivity index (χ4n) is 8.84. The number of aromatic nitrogens is 4. The Morgan fingerprint density at radius 2 is 1.28 bits per heavy atom. The molecule has 1 aliphatic carbocycles. The zero-order valence-corrected chi connectivity index (χ0v) is 33.2. The van der Waals surface area contributed by atoms with E-state index in [1.807, 2.05) is 61.5 Å². The van der Waals surface area contributed by atoms with Crippen molar-refractivity contribution in [1.29, 1.82) is 0 Å². The zero-order valence-electron chi connectivity index (χ0n) is 33.2. The lowest BCUT2D eigenvalue weighted by Gasteiger charge is -2.30. The van der Waals surface area contributed by atoms with Crippen LogP contribution in [-0.2, 0) is 19.1 Å². The van der Waals surface area contributed by atoms with Crippen molar-refractivity contribution in [2.24, 2.45) is 5.92 Å². The molecule has 2 aromatic carbocycles. The number of hydrogen-bond donors (Lipinski definition) is 4. The van der Waals surface area contributed by atoms with Crippen LogP contribution < -0.4 is 10.6 Å². The van der Waals surface area contributed by atoms with Gasteiger partial charge >= 0.3 is 12.2 Å². The minimum Gasteiger partial charge on any atom is -0.453 e. The molecule has 302 valence electrons. The molecule has 2 aliphatic heterocycles. The van der Waals surface area contributed by atoms with Crippen LogP contribution in [0.1, 0.15) is 124 Å². The highest BCUT2D eigenvalue weighted by Gasteiger charge is 2.39. The number of methoxy groups -OCH3 is 2. The average Bonchev–Trinajstić information content (AvgIpc) is 4.09. The van der Waals surface area contributed by atoms with Crippen LogP contribution in [-0.4, -0.2) is 87.1 Å². The molecule has 0 spiro atoms. The van der Waals surface area contributed by atoms with Crippen LogP contribution in [0.3, 0.4) is 0 Å². The highest BCUT2D eigenvalue weighted by molar-refractivity contribution is 5.88. The highest BCUT2D eigenvalue weighted by atomic mass is 16.5. The summed E-state index contributed by atoms with van der Waals surface area (Å²) < 4.78 is 9.60. The fourth-order valence-corrected chi connectivity index (χ4v) is 8.84. The van der Waals surface area contributed by atoms with Crippen LogP contribution in [0.5, 0.6) is 0 Å². The van der Waals surface area contributed by atoms with Gasteiger partial charge in [-0.25, -0.2) is 19.6 Å². The second-order valence-electron chi connectivity index (χ2n) is 15.8. The molecule has 1 saturated carbocycles. The number of imidazole rings is 2. The normalized spacial score (nSPS) is 21.9. The van der Waals surface area contributed by atoms with Gasteiger partial charge in [0.05, 0.1) is 38.2 Å². The minimum atomic E-state index is -0.866. The molecule has 2 saturated heterocycles. The number of alkyl carbamates (subject to hydrolysis) is 2. The third kappa shape index (κ3) is 8.69. The summed E-state index contributed by atoms with van der Waals surface area (Å²) in [5.74, 6) is 2.00. The first kappa shape index (κ1) is 39.6. The summed E-state index contributed by atoms with van der Waals surface area (Å²) in [5, 5.41) is 5.44. The molecule has 4 aromatic rings. The van der Waals surface area contributed by atoms with E-state index in [9.17, 15) is 19.2 Å². The summed E-state index contributed by atoms with van der Waals surface area (Å²) in [6, 6.07) is 16.0. The first-order valence-corrected chi connectivity index (χ1v) is 20.2. The van der Waals surface area contributed by atoms with Crippen molar-refractivity contribution in [2.75, 3.05) is 27.3 Å². The number of amides is 4. The molecular formula is C43H54N8O6. The Bertz CT molecular complexity index is 2000. The topological polar surface area (TPSA) is 175 Å². The molecule has 0 radical (unpaired) electrons. The Hall–Kier alpha value is -5.66. The molecule has 14 nitrogen and oxygen atoms in total. The first-order valence-electron chi connectivity index (χ1n) is 20.2. The second kappa shape index (κ2) is 17.6. The maximum Gasteiger partial charge on any atom is 0.407 e. The van der Waals surface area contributed by atoms with Crippen molar-refractivity contribution < 1.29 is 28.7 Å². The van der Waals surface area contributed by atoms with E-state index in [1.165, 1.54) is 19.8 Å². The molecule has 4 N–H and O–H groups in total. The number of benzene rings is 2. The Morgan fingerprint density at radius 1 is 0.702 bits per heavy atom. The molecule has 4 heterocycles. The predicted molar refractivity (Wildman–Crippen MR) is 213 cm³/mol. The number of ether oxygens (including phenoxy) is 2. The SMILES string of the molecule is COC(=O)N[C@H](C(=O)N1CCC[C@H]1c1ncc(C2CCC(c3ccc(-c4cnc([C@@H]5CCCN5C(=O)[C@H](NC(=O)OC)c5ccccc5)[nH]4)cc3)CC2)[nH]1)C(C)C. The lowest BCUT2D eigenvalue weighted by atomic mass is 9.77. The van der Waals surface area contributed by atoms with Crippen LogP contribution in [0.15, 0.2) is 67.0 Å². The number of hydrogen-bond acceptors (Lipinski definition) is 8. The number of nitrogens with zero attached hydrogens (tertiary/aromatic N) is 4. The van der Waals surface area contributed by atoms with Crippen LogP contribution in [0, 0.1) is 5.92 Å². The van der Waals surface area contributed by atoms with E-state index in [1.54, 1.807) is 4.90 Å². The van der Waals surface area contributed by atoms with Gasteiger partial charge in [-0.3, -0.25) is 9.59 Å². The van der Waals surface area contributed by atoms with E-state index in [4.69, 9.17) is 19.4 Å². The number of aromatic amines is 2. The number of carbonyl (C=O) groups is 4. The average molecular weight is 779 g/mol. The maximum atomic E-state index is 13.9. The summed E-state index contributed by atoms with van der Waals surface area (Å²) in [7, 11) is 2.59. The Kier molecular flexibility index (Phi) is 12.2. The Labute approximate surface area is 333 Å². The van der Waals surface area contributed by atoms with E-state index in [0.717, 1.165) is 80.0 Å². The smallest absolute Gasteiger partial charge is 0.407 e. The van der Waals surface area contributed by atoms with Crippen molar-refractivity contribution in [1.82, 2.24) is 40.4 Å². The van der Waals surface area contributed by atoms with Crippen molar-refractivity contribution >= 4 is 24.0 Å². The molecular weight excluding hydrogens is 725 g/mol. The summed E-state index contributed by atoms with van der Waals surface area (Å²) in [6.45, 7) is 5.04. The predicted octanol–water partition coefficient (Wildman–Crippen LogP) is 7.05. The van der Waals surface area contributed by atoms with Gasteiger partial charge in [-0.15, -0.1) is 0 Å². The first-order chi connectivity index (χ1) is 27.6. The number of nitrogens with one attached hydrogen (secondary N) is 4. The molecule has 3 aliphatic rings. The van der Waals surface area contributed by atoms with E-state index in [-0.39, 0.29) is 29.8 Å². The fraction of sp³-hybridized carbons (Fsp3) is 0.488. The molecule has 14 heteroatoms. The van der Waals surface area contributed by atoms with Gasteiger partial charge in [0.2, 0.25) is 5.91 Å². The van der Waals surface area contributed by atoms with Crippen molar-refractivity contribution in [3.05, 3.63) is 95.5 Å². The second-order valence-corrected chi connectivity index (χ2v) is 15.8. The molecule has 4 atom stereocenters. The monoisotopic (exact) mass is 778 g/mol. The van der Waals surface area contributed by atoms with E-state index < -0.39 is 24.3 Å². The van der Waals surface area contributed by atoms with Gasteiger partial charge in [-0.1, -0.05) is 68.4 Å².